The number of hydrogen-bond acceptors (Lipinski definition) is 3. The molecule has 0 unspecified atom stereocenters. The van der Waals surface area contributed by atoms with Gasteiger partial charge in [0, 0.05) is 24.6 Å². The first-order chi connectivity index (χ1) is 8.20. The molecule has 1 aromatic rings. The van der Waals surface area contributed by atoms with E-state index in [0.29, 0.717) is 18.8 Å². The van der Waals surface area contributed by atoms with Crippen LogP contribution in [0, 0.1) is 0 Å². The lowest BCUT2D eigenvalue weighted by Gasteiger charge is -2.02. The van der Waals surface area contributed by atoms with Crippen molar-refractivity contribution >= 4 is 5.97 Å². The molecule has 0 saturated carbocycles. The van der Waals surface area contributed by atoms with Crippen LogP contribution in [0.25, 0.3) is 0 Å². The number of nitrogens with zero attached hydrogens (tertiary/aromatic N) is 1. The number of carbonyl (C=O) groups is 1. The number of ether oxygens (including phenoxy) is 1. The Morgan fingerprint density at radius 3 is 2.82 bits per heavy atom. The van der Waals surface area contributed by atoms with E-state index >= 15 is 0 Å². The third-order valence-electron chi connectivity index (χ3n) is 2.35. The maximum Gasteiger partial charge on any atom is 0.331 e. The highest BCUT2D eigenvalue weighted by Gasteiger charge is 1.98. The number of pyridine rings is 1. The second-order valence-corrected chi connectivity index (χ2v) is 3.73. The van der Waals surface area contributed by atoms with Gasteiger partial charge in [0.25, 0.3) is 0 Å². The number of carboxylic acids is 1. The predicted molar refractivity (Wildman–Crippen MR) is 64.8 cm³/mol. The molecule has 0 bridgehead atoms. The number of aliphatic carboxylic acids is 1. The van der Waals surface area contributed by atoms with Crippen LogP contribution in [0.3, 0.4) is 0 Å². The summed E-state index contributed by atoms with van der Waals surface area (Å²) in [5.74, 6) is -0.898. The van der Waals surface area contributed by atoms with Gasteiger partial charge in [0.15, 0.2) is 0 Å². The maximum atomic E-state index is 10.5. The first-order valence-corrected chi connectivity index (χ1v) is 5.57. The molecule has 0 saturated heterocycles. The summed E-state index contributed by atoms with van der Waals surface area (Å²) in [7, 11) is 0. The standard InChI is InChI=1S/C13H17NO3/c1-11(13(15)16)6-10-17-9-2-3-12-4-7-14-8-5-12/h4-8H,2-3,9-10H2,1H3,(H,15,16). The van der Waals surface area contributed by atoms with Gasteiger partial charge in [0.1, 0.15) is 0 Å². The van der Waals surface area contributed by atoms with Crippen molar-refractivity contribution in [3.05, 3.63) is 41.7 Å². The summed E-state index contributed by atoms with van der Waals surface area (Å²) in [6.07, 6.45) is 6.99. The van der Waals surface area contributed by atoms with Crippen LogP contribution in [-0.4, -0.2) is 29.3 Å². The summed E-state index contributed by atoms with van der Waals surface area (Å²) in [4.78, 5) is 14.4. The topological polar surface area (TPSA) is 59.4 Å². The van der Waals surface area contributed by atoms with E-state index in [4.69, 9.17) is 9.84 Å². The zero-order chi connectivity index (χ0) is 12.5. The van der Waals surface area contributed by atoms with Gasteiger partial charge in [0.05, 0.1) is 6.61 Å². The molecule has 0 aromatic carbocycles. The molecule has 0 fully saturated rings. The number of aromatic nitrogens is 1. The van der Waals surface area contributed by atoms with Crippen molar-refractivity contribution < 1.29 is 14.6 Å². The summed E-state index contributed by atoms with van der Waals surface area (Å²) < 4.78 is 5.32. The SMILES string of the molecule is CC(=CCOCCCc1ccncc1)C(=O)O. The van der Waals surface area contributed by atoms with Crippen molar-refractivity contribution in [2.45, 2.75) is 19.8 Å². The van der Waals surface area contributed by atoms with E-state index < -0.39 is 5.97 Å². The zero-order valence-electron chi connectivity index (χ0n) is 9.93. The maximum absolute atomic E-state index is 10.5. The van der Waals surface area contributed by atoms with Gasteiger partial charge in [0.2, 0.25) is 0 Å². The summed E-state index contributed by atoms with van der Waals surface area (Å²) in [5, 5.41) is 8.60. The Labute approximate surface area is 101 Å². The number of carboxylic acid groups (broad SMARTS) is 1. The van der Waals surface area contributed by atoms with Crippen molar-refractivity contribution in [3.8, 4) is 0 Å². The quantitative estimate of drug-likeness (QED) is 0.580. The van der Waals surface area contributed by atoms with Gasteiger partial charge in [-0.05, 0) is 43.5 Å². The molecule has 0 aliphatic heterocycles. The van der Waals surface area contributed by atoms with Crippen molar-refractivity contribution in [1.29, 1.82) is 0 Å². The Bertz CT molecular complexity index is 374. The minimum Gasteiger partial charge on any atom is -0.478 e. The minimum absolute atomic E-state index is 0.319. The molecule has 17 heavy (non-hydrogen) atoms. The Balaban J connectivity index is 2.10. The van der Waals surface area contributed by atoms with Gasteiger partial charge in [-0.15, -0.1) is 0 Å². The molecule has 1 rings (SSSR count). The highest BCUT2D eigenvalue weighted by Crippen LogP contribution is 2.01. The molecule has 1 N–H and O–H groups in total. The summed E-state index contributed by atoms with van der Waals surface area (Å²) in [6, 6.07) is 3.96. The third kappa shape index (κ3) is 5.82. The van der Waals surface area contributed by atoms with E-state index in [0.717, 1.165) is 12.8 Å². The average molecular weight is 235 g/mol. The molecule has 0 aliphatic carbocycles. The van der Waals surface area contributed by atoms with Gasteiger partial charge in [-0.2, -0.15) is 0 Å². The van der Waals surface area contributed by atoms with E-state index in [1.165, 1.54) is 5.56 Å². The lowest BCUT2D eigenvalue weighted by atomic mass is 10.1. The van der Waals surface area contributed by atoms with Crippen LogP contribution >= 0.6 is 0 Å². The molecular formula is C13H17NO3. The van der Waals surface area contributed by atoms with Crippen LogP contribution in [0.4, 0.5) is 0 Å². The van der Waals surface area contributed by atoms with E-state index in [1.54, 1.807) is 25.4 Å². The normalized spacial score (nSPS) is 11.5. The predicted octanol–water partition coefficient (Wildman–Crippen LogP) is 2.06. The largest absolute Gasteiger partial charge is 0.478 e. The molecule has 1 aromatic heterocycles. The fraction of sp³-hybridized carbons (Fsp3) is 0.385. The van der Waals surface area contributed by atoms with Gasteiger partial charge in [-0.1, -0.05) is 0 Å². The molecule has 0 radical (unpaired) electrons. The van der Waals surface area contributed by atoms with E-state index in [9.17, 15) is 4.79 Å². The van der Waals surface area contributed by atoms with E-state index in [1.807, 2.05) is 12.1 Å². The van der Waals surface area contributed by atoms with Crippen molar-refractivity contribution in [1.82, 2.24) is 4.98 Å². The molecule has 4 heteroatoms. The van der Waals surface area contributed by atoms with Crippen LogP contribution in [0.5, 0.6) is 0 Å². The highest BCUT2D eigenvalue weighted by atomic mass is 16.5. The Hall–Kier alpha value is -1.68. The monoisotopic (exact) mass is 235 g/mol. The number of aryl methyl sites for hydroxylation is 1. The molecule has 4 nitrogen and oxygen atoms in total. The number of rotatable bonds is 7. The Kier molecular flexibility index (Phi) is 5.96. The van der Waals surface area contributed by atoms with Crippen molar-refractivity contribution in [2.75, 3.05) is 13.2 Å². The second-order valence-electron chi connectivity index (χ2n) is 3.73. The van der Waals surface area contributed by atoms with Gasteiger partial charge < -0.3 is 9.84 Å². The van der Waals surface area contributed by atoms with Crippen molar-refractivity contribution in [3.63, 3.8) is 0 Å². The fourth-order valence-corrected chi connectivity index (χ4v) is 1.28. The molecular weight excluding hydrogens is 218 g/mol. The summed E-state index contributed by atoms with van der Waals surface area (Å²) in [5.41, 5.74) is 1.56. The molecule has 0 spiro atoms. The van der Waals surface area contributed by atoms with Gasteiger partial charge in [-0.3, -0.25) is 4.98 Å². The lowest BCUT2D eigenvalue weighted by Crippen LogP contribution is -2.01. The van der Waals surface area contributed by atoms with Crippen LogP contribution in [0.1, 0.15) is 18.9 Å². The molecule has 0 amide bonds. The lowest BCUT2D eigenvalue weighted by molar-refractivity contribution is -0.132. The summed E-state index contributed by atoms with van der Waals surface area (Å²) >= 11 is 0. The minimum atomic E-state index is -0.898. The Morgan fingerprint density at radius 2 is 2.18 bits per heavy atom. The van der Waals surface area contributed by atoms with Gasteiger partial charge >= 0.3 is 5.97 Å². The molecule has 1 heterocycles. The van der Waals surface area contributed by atoms with E-state index in [2.05, 4.69) is 4.98 Å². The Morgan fingerprint density at radius 1 is 1.47 bits per heavy atom. The van der Waals surface area contributed by atoms with Crippen LogP contribution in [0.2, 0.25) is 0 Å². The van der Waals surface area contributed by atoms with Crippen LogP contribution < -0.4 is 0 Å². The first kappa shape index (κ1) is 13.4. The van der Waals surface area contributed by atoms with Crippen LogP contribution in [0.15, 0.2) is 36.2 Å². The number of hydrogen-bond donors (Lipinski definition) is 1. The third-order valence-corrected chi connectivity index (χ3v) is 2.35. The highest BCUT2D eigenvalue weighted by molar-refractivity contribution is 5.85. The fourth-order valence-electron chi connectivity index (χ4n) is 1.28. The zero-order valence-corrected chi connectivity index (χ0v) is 9.93. The van der Waals surface area contributed by atoms with E-state index in [-0.39, 0.29) is 0 Å². The smallest absolute Gasteiger partial charge is 0.331 e. The van der Waals surface area contributed by atoms with Crippen LogP contribution in [-0.2, 0) is 16.0 Å². The average Bonchev–Trinajstić information content (AvgIpc) is 2.34. The first-order valence-electron chi connectivity index (χ1n) is 5.57. The van der Waals surface area contributed by atoms with Gasteiger partial charge in [-0.25, -0.2) is 4.79 Å². The molecule has 92 valence electrons. The summed E-state index contributed by atoms with van der Waals surface area (Å²) in [6.45, 7) is 2.54. The van der Waals surface area contributed by atoms with Crippen molar-refractivity contribution in [2.24, 2.45) is 0 Å². The molecule has 0 atom stereocenters. The molecule has 0 aliphatic rings. The second kappa shape index (κ2) is 7.57.